The van der Waals surface area contributed by atoms with Crippen LogP contribution in [0.3, 0.4) is 0 Å². The number of piperidine rings is 1. The van der Waals surface area contributed by atoms with Crippen molar-refractivity contribution in [3.05, 3.63) is 47.5 Å². The van der Waals surface area contributed by atoms with Crippen molar-refractivity contribution in [1.29, 1.82) is 0 Å². The Balaban J connectivity index is 1.70. The van der Waals surface area contributed by atoms with Gasteiger partial charge in [0.05, 0.1) is 19.9 Å². The molecule has 0 aliphatic carbocycles. The van der Waals surface area contributed by atoms with Crippen LogP contribution in [0.5, 0.6) is 11.5 Å². The van der Waals surface area contributed by atoms with Gasteiger partial charge in [-0.05, 0) is 75.4 Å². The van der Waals surface area contributed by atoms with Gasteiger partial charge in [0.2, 0.25) is 0 Å². The highest BCUT2D eigenvalue weighted by Gasteiger charge is 2.42. The first kappa shape index (κ1) is 27.6. The molecule has 0 spiro atoms. The maximum absolute atomic E-state index is 13.8. The van der Waals surface area contributed by atoms with E-state index in [-0.39, 0.29) is 23.3 Å². The average Bonchev–Trinajstić information content (AvgIpc) is 3.24. The number of carbonyl (C=O) groups is 1. The number of nitrogens with zero attached hydrogens (tertiary/aromatic N) is 1. The molecule has 1 aliphatic heterocycles. The second-order valence-electron chi connectivity index (χ2n) is 10.5. The topological polar surface area (TPSA) is 84.0 Å². The van der Waals surface area contributed by atoms with Crippen LogP contribution in [-0.2, 0) is 4.74 Å². The first-order valence-corrected chi connectivity index (χ1v) is 12.4. The molecule has 1 fully saturated rings. The summed E-state index contributed by atoms with van der Waals surface area (Å²) in [5.74, 6) is 0.840. The summed E-state index contributed by atoms with van der Waals surface area (Å²) in [6, 6.07) is 10.1. The van der Waals surface area contributed by atoms with Gasteiger partial charge in [-0.25, -0.2) is 4.79 Å². The minimum Gasteiger partial charge on any atom is -0.493 e. The number of halogens is 3. The molecule has 0 saturated carbocycles. The number of aliphatic hydroxyl groups is 1. The molecule has 4 rings (SSSR count). The van der Waals surface area contributed by atoms with Gasteiger partial charge in [0.1, 0.15) is 5.60 Å². The molecule has 206 valence electrons. The summed E-state index contributed by atoms with van der Waals surface area (Å²) in [5.41, 5.74) is 1.08. The van der Waals surface area contributed by atoms with Crippen molar-refractivity contribution in [3.63, 3.8) is 0 Å². The van der Waals surface area contributed by atoms with Crippen LogP contribution in [0.15, 0.2) is 36.4 Å². The van der Waals surface area contributed by atoms with Crippen LogP contribution in [0.4, 0.5) is 18.0 Å². The third kappa shape index (κ3) is 5.70. The summed E-state index contributed by atoms with van der Waals surface area (Å²) >= 11 is 0. The highest BCUT2D eigenvalue weighted by molar-refractivity contribution is 5.92. The summed E-state index contributed by atoms with van der Waals surface area (Å²) < 4.78 is 57.5. The van der Waals surface area contributed by atoms with E-state index >= 15 is 0 Å². The zero-order chi connectivity index (χ0) is 27.8. The summed E-state index contributed by atoms with van der Waals surface area (Å²) in [7, 11) is 2.91. The molecule has 2 heterocycles. The fourth-order valence-corrected chi connectivity index (χ4v) is 4.87. The number of aromatic amines is 1. The smallest absolute Gasteiger partial charge is 0.418 e. The van der Waals surface area contributed by atoms with Crippen molar-refractivity contribution in [2.24, 2.45) is 0 Å². The van der Waals surface area contributed by atoms with Gasteiger partial charge in [-0.15, -0.1) is 0 Å². The molecule has 7 nitrogen and oxygen atoms in total. The van der Waals surface area contributed by atoms with Crippen molar-refractivity contribution in [2.75, 3.05) is 27.3 Å². The normalized spacial score (nSPS) is 16.0. The van der Waals surface area contributed by atoms with E-state index < -0.39 is 17.9 Å². The standard InChI is InChI=1S/C28H33F3N2O5/c1-27(2,3)38-26(35)33-12-10-16(11-13-33)17-6-8-20-19(14-17)23(25(34)28(29,30)31)24(32-20)18-7-9-21(36-4)22(15-18)37-5/h6-9,14-16,25,32,34H,10-13H2,1-5H3. The first-order chi connectivity index (χ1) is 17.8. The van der Waals surface area contributed by atoms with E-state index in [0.29, 0.717) is 53.9 Å². The number of carbonyl (C=O) groups excluding carboxylic acids is 1. The molecular weight excluding hydrogens is 501 g/mol. The van der Waals surface area contributed by atoms with Crippen LogP contribution in [0.25, 0.3) is 22.2 Å². The van der Waals surface area contributed by atoms with Gasteiger partial charge in [-0.1, -0.05) is 6.07 Å². The van der Waals surface area contributed by atoms with Gasteiger partial charge in [-0.3, -0.25) is 0 Å². The van der Waals surface area contributed by atoms with Gasteiger partial charge < -0.3 is 29.2 Å². The fraction of sp³-hybridized carbons (Fsp3) is 0.464. The Morgan fingerprint density at radius 2 is 1.68 bits per heavy atom. The summed E-state index contributed by atoms with van der Waals surface area (Å²) in [6.07, 6.45) is -6.63. The van der Waals surface area contributed by atoms with E-state index in [4.69, 9.17) is 14.2 Å². The van der Waals surface area contributed by atoms with E-state index in [9.17, 15) is 23.1 Å². The van der Waals surface area contributed by atoms with Gasteiger partial charge >= 0.3 is 12.3 Å². The number of aromatic nitrogens is 1. The number of H-pyrrole nitrogens is 1. The zero-order valence-corrected chi connectivity index (χ0v) is 22.1. The number of ether oxygens (including phenoxy) is 3. The predicted molar refractivity (Wildman–Crippen MR) is 138 cm³/mol. The van der Waals surface area contributed by atoms with Crippen molar-refractivity contribution in [3.8, 4) is 22.8 Å². The fourth-order valence-electron chi connectivity index (χ4n) is 4.87. The second kappa shape index (κ2) is 10.4. The first-order valence-electron chi connectivity index (χ1n) is 12.4. The molecule has 1 unspecified atom stereocenters. The Labute approximate surface area is 219 Å². The van der Waals surface area contributed by atoms with Crippen LogP contribution in [0, 0.1) is 0 Å². The molecule has 1 atom stereocenters. The molecule has 1 aliphatic rings. The number of likely N-dealkylation sites (tertiary alicyclic amines) is 1. The molecular formula is C28H33F3N2O5. The van der Waals surface area contributed by atoms with Crippen molar-refractivity contribution in [1.82, 2.24) is 9.88 Å². The molecule has 3 aromatic rings. The third-order valence-corrected chi connectivity index (χ3v) is 6.74. The molecule has 38 heavy (non-hydrogen) atoms. The average molecular weight is 535 g/mol. The predicted octanol–water partition coefficient (Wildman–Crippen LogP) is 6.56. The van der Waals surface area contributed by atoms with E-state index in [1.165, 1.54) is 14.2 Å². The Hall–Kier alpha value is -3.40. The number of fused-ring (bicyclic) bond motifs is 1. The van der Waals surface area contributed by atoms with Gasteiger partial charge in [0, 0.05) is 35.1 Å². The minimum atomic E-state index is -4.87. The molecule has 1 aromatic heterocycles. The Morgan fingerprint density at radius 3 is 2.26 bits per heavy atom. The Morgan fingerprint density at radius 1 is 1.03 bits per heavy atom. The number of rotatable bonds is 5. The Bertz CT molecular complexity index is 1300. The largest absolute Gasteiger partial charge is 0.493 e. The van der Waals surface area contributed by atoms with E-state index in [0.717, 1.165) is 5.56 Å². The monoisotopic (exact) mass is 534 g/mol. The van der Waals surface area contributed by atoms with Gasteiger partial charge in [0.15, 0.2) is 17.6 Å². The van der Waals surface area contributed by atoms with E-state index in [1.807, 2.05) is 26.8 Å². The van der Waals surface area contributed by atoms with Crippen molar-refractivity contribution >= 4 is 17.0 Å². The van der Waals surface area contributed by atoms with Crippen molar-refractivity contribution in [2.45, 2.75) is 57.4 Å². The molecule has 10 heteroatoms. The van der Waals surface area contributed by atoms with Crippen LogP contribution >= 0.6 is 0 Å². The highest BCUT2D eigenvalue weighted by atomic mass is 19.4. The van der Waals surface area contributed by atoms with Crippen LogP contribution in [0.2, 0.25) is 0 Å². The lowest BCUT2D eigenvalue weighted by Gasteiger charge is -2.33. The van der Waals surface area contributed by atoms with Crippen LogP contribution in [-0.4, -0.2) is 60.2 Å². The van der Waals surface area contributed by atoms with Gasteiger partial charge in [0.25, 0.3) is 0 Å². The number of nitrogens with one attached hydrogen (secondary N) is 1. The molecule has 2 aromatic carbocycles. The number of benzene rings is 2. The second-order valence-corrected chi connectivity index (χ2v) is 10.5. The number of alkyl halides is 3. The lowest BCUT2D eigenvalue weighted by atomic mass is 9.88. The van der Waals surface area contributed by atoms with E-state index in [2.05, 4.69) is 4.98 Å². The summed E-state index contributed by atoms with van der Waals surface area (Å²) in [6.45, 7) is 6.41. The molecule has 1 saturated heterocycles. The van der Waals surface area contributed by atoms with E-state index in [1.54, 1.807) is 35.2 Å². The van der Waals surface area contributed by atoms with Crippen LogP contribution in [0.1, 0.15) is 56.8 Å². The van der Waals surface area contributed by atoms with Gasteiger partial charge in [-0.2, -0.15) is 13.2 Å². The summed E-state index contributed by atoms with van der Waals surface area (Å²) in [5, 5.41) is 10.7. The highest BCUT2D eigenvalue weighted by Crippen LogP contribution is 2.44. The maximum Gasteiger partial charge on any atom is 0.418 e. The Kier molecular flexibility index (Phi) is 7.56. The number of hydrogen-bond donors (Lipinski definition) is 2. The number of methoxy groups -OCH3 is 2. The maximum atomic E-state index is 13.8. The minimum absolute atomic E-state index is 0.0494. The summed E-state index contributed by atoms with van der Waals surface area (Å²) in [4.78, 5) is 17.1. The number of amides is 1. The third-order valence-electron chi connectivity index (χ3n) is 6.74. The SMILES string of the molecule is COc1ccc(-c2[nH]c3ccc(C4CCN(C(=O)OC(C)(C)C)CC4)cc3c2C(O)C(F)(F)F)cc1OC. The molecule has 1 amide bonds. The molecule has 0 radical (unpaired) electrons. The number of aliphatic hydroxyl groups excluding tert-OH is 1. The quantitative estimate of drug-likeness (QED) is 0.387. The van der Waals surface area contributed by atoms with Crippen LogP contribution < -0.4 is 9.47 Å². The molecule has 2 N–H and O–H groups in total. The lowest BCUT2D eigenvalue weighted by Crippen LogP contribution is -2.41. The van der Waals surface area contributed by atoms with Crippen molar-refractivity contribution < 1.29 is 37.3 Å². The number of hydrogen-bond acceptors (Lipinski definition) is 5. The molecule has 0 bridgehead atoms. The lowest BCUT2D eigenvalue weighted by molar-refractivity contribution is -0.206. The zero-order valence-electron chi connectivity index (χ0n) is 22.1.